The van der Waals surface area contributed by atoms with E-state index in [2.05, 4.69) is 10.6 Å². The molecule has 0 aliphatic carbocycles. The summed E-state index contributed by atoms with van der Waals surface area (Å²) < 4.78 is 5.63. The average molecular weight is 346 g/mol. The van der Waals surface area contributed by atoms with Crippen LogP contribution in [0.4, 0.5) is 17.1 Å². The summed E-state index contributed by atoms with van der Waals surface area (Å²) in [5.74, 6) is 0.553. The van der Waals surface area contributed by atoms with Crippen molar-refractivity contribution in [2.24, 2.45) is 0 Å². The molecule has 0 saturated carbocycles. The van der Waals surface area contributed by atoms with Crippen molar-refractivity contribution in [3.8, 4) is 5.75 Å². The lowest BCUT2D eigenvalue weighted by Crippen LogP contribution is -2.20. The van der Waals surface area contributed by atoms with Gasteiger partial charge in [-0.1, -0.05) is 30.3 Å². The zero-order valence-electron chi connectivity index (χ0n) is 15.0. The predicted octanol–water partition coefficient (Wildman–Crippen LogP) is 5.06. The fourth-order valence-electron chi connectivity index (χ4n) is 2.55. The van der Waals surface area contributed by atoms with Crippen LogP contribution in [0.25, 0.3) is 0 Å². The van der Waals surface area contributed by atoms with Gasteiger partial charge >= 0.3 is 0 Å². The number of anilines is 3. The molecule has 0 bridgehead atoms. The highest BCUT2D eigenvalue weighted by molar-refractivity contribution is 5.92. The van der Waals surface area contributed by atoms with Crippen LogP contribution in [0.1, 0.15) is 11.1 Å². The number of hydrogen-bond donors (Lipinski definition) is 2. The molecule has 4 heteroatoms. The van der Waals surface area contributed by atoms with Crippen LogP contribution in [-0.4, -0.2) is 12.5 Å². The minimum Gasteiger partial charge on any atom is -0.483 e. The van der Waals surface area contributed by atoms with Gasteiger partial charge in [0.2, 0.25) is 0 Å². The molecule has 26 heavy (non-hydrogen) atoms. The van der Waals surface area contributed by atoms with Gasteiger partial charge in [-0.2, -0.15) is 0 Å². The number of amides is 1. The molecule has 132 valence electrons. The minimum atomic E-state index is -0.185. The van der Waals surface area contributed by atoms with Crippen molar-refractivity contribution in [3.05, 3.63) is 83.9 Å². The summed E-state index contributed by atoms with van der Waals surface area (Å²) in [6.07, 6.45) is 0. The van der Waals surface area contributed by atoms with Gasteiger partial charge in [-0.05, 0) is 67.4 Å². The molecule has 0 aliphatic heterocycles. The molecule has 0 saturated heterocycles. The lowest BCUT2D eigenvalue weighted by atomic mass is 10.1. The van der Waals surface area contributed by atoms with Crippen molar-refractivity contribution in [2.75, 3.05) is 17.2 Å². The van der Waals surface area contributed by atoms with Crippen molar-refractivity contribution in [2.45, 2.75) is 13.8 Å². The fraction of sp³-hybridized carbons (Fsp3) is 0.136. The molecular formula is C22H22N2O2. The molecule has 0 radical (unpaired) electrons. The molecule has 3 rings (SSSR count). The summed E-state index contributed by atoms with van der Waals surface area (Å²) in [7, 11) is 0. The Bertz CT molecular complexity index is 874. The Kier molecular flexibility index (Phi) is 5.54. The van der Waals surface area contributed by atoms with E-state index in [4.69, 9.17) is 4.74 Å². The number of carbonyl (C=O) groups is 1. The molecule has 1 amide bonds. The first kappa shape index (κ1) is 17.5. The third-order valence-electron chi connectivity index (χ3n) is 4.14. The number of carbonyl (C=O) groups excluding carboxylic acids is 1. The normalized spacial score (nSPS) is 10.2. The number of rotatable bonds is 6. The molecular weight excluding hydrogens is 324 g/mol. The summed E-state index contributed by atoms with van der Waals surface area (Å²) >= 11 is 0. The van der Waals surface area contributed by atoms with Gasteiger partial charge < -0.3 is 15.4 Å². The van der Waals surface area contributed by atoms with Crippen molar-refractivity contribution in [3.63, 3.8) is 0 Å². The maximum Gasteiger partial charge on any atom is 0.262 e. The molecule has 0 heterocycles. The Hall–Kier alpha value is -3.27. The van der Waals surface area contributed by atoms with Gasteiger partial charge in [0.15, 0.2) is 6.61 Å². The van der Waals surface area contributed by atoms with Crippen LogP contribution in [-0.2, 0) is 4.79 Å². The molecule has 2 N–H and O–H groups in total. The van der Waals surface area contributed by atoms with Crippen LogP contribution >= 0.6 is 0 Å². The molecule has 0 aliphatic rings. The van der Waals surface area contributed by atoms with Crippen LogP contribution in [0.15, 0.2) is 72.8 Å². The van der Waals surface area contributed by atoms with Crippen LogP contribution in [0, 0.1) is 13.8 Å². The standard InChI is InChI=1S/C22H22N2O2/c1-16-7-6-10-21(17(16)2)26-15-22(25)24-20-13-11-19(12-14-20)23-18-8-4-3-5-9-18/h3-14,23H,15H2,1-2H3,(H,24,25). The molecule has 0 unspecified atom stereocenters. The number of nitrogens with one attached hydrogen (secondary N) is 2. The summed E-state index contributed by atoms with van der Waals surface area (Å²) in [6.45, 7) is 3.99. The number of aryl methyl sites for hydroxylation is 1. The molecule has 0 aromatic heterocycles. The number of ether oxygens (including phenoxy) is 1. The molecule has 0 fully saturated rings. The van der Waals surface area contributed by atoms with Crippen molar-refractivity contribution < 1.29 is 9.53 Å². The van der Waals surface area contributed by atoms with Gasteiger partial charge in [0, 0.05) is 17.1 Å². The zero-order valence-corrected chi connectivity index (χ0v) is 15.0. The Labute approximate surface area is 153 Å². The van der Waals surface area contributed by atoms with Crippen LogP contribution < -0.4 is 15.4 Å². The Morgan fingerprint density at radius 2 is 1.46 bits per heavy atom. The second-order valence-corrected chi connectivity index (χ2v) is 6.10. The van der Waals surface area contributed by atoms with E-state index in [-0.39, 0.29) is 12.5 Å². The van der Waals surface area contributed by atoms with E-state index < -0.39 is 0 Å². The zero-order chi connectivity index (χ0) is 18.4. The van der Waals surface area contributed by atoms with Gasteiger partial charge in [0.1, 0.15) is 5.75 Å². The number of benzene rings is 3. The predicted molar refractivity (Wildman–Crippen MR) is 106 cm³/mol. The summed E-state index contributed by atoms with van der Waals surface area (Å²) in [5.41, 5.74) is 4.91. The lowest BCUT2D eigenvalue weighted by Gasteiger charge is -2.11. The molecule has 3 aromatic carbocycles. The highest BCUT2D eigenvalue weighted by Gasteiger charge is 2.06. The van der Waals surface area contributed by atoms with E-state index >= 15 is 0 Å². The van der Waals surface area contributed by atoms with Crippen LogP contribution in [0.3, 0.4) is 0 Å². The summed E-state index contributed by atoms with van der Waals surface area (Å²) in [5, 5.41) is 6.15. The van der Waals surface area contributed by atoms with E-state index in [1.165, 1.54) is 0 Å². The first-order valence-corrected chi connectivity index (χ1v) is 8.53. The van der Waals surface area contributed by atoms with Crippen LogP contribution in [0.2, 0.25) is 0 Å². The Balaban J connectivity index is 1.53. The molecule has 0 spiro atoms. The van der Waals surface area contributed by atoms with Gasteiger partial charge in [-0.3, -0.25) is 4.79 Å². The van der Waals surface area contributed by atoms with Gasteiger partial charge in [0.25, 0.3) is 5.91 Å². The highest BCUT2D eigenvalue weighted by Crippen LogP contribution is 2.21. The fourth-order valence-corrected chi connectivity index (χ4v) is 2.55. The smallest absolute Gasteiger partial charge is 0.262 e. The van der Waals surface area contributed by atoms with Gasteiger partial charge in [-0.25, -0.2) is 0 Å². The molecule has 3 aromatic rings. The van der Waals surface area contributed by atoms with E-state index in [1.807, 2.05) is 86.6 Å². The van der Waals surface area contributed by atoms with E-state index in [1.54, 1.807) is 0 Å². The average Bonchev–Trinajstić information content (AvgIpc) is 2.65. The number of para-hydroxylation sites is 1. The minimum absolute atomic E-state index is 0.0195. The van der Waals surface area contributed by atoms with Crippen molar-refractivity contribution >= 4 is 23.0 Å². The maximum atomic E-state index is 12.1. The van der Waals surface area contributed by atoms with Gasteiger partial charge in [-0.15, -0.1) is 0 Å². The van der Waals surface area contributed by atoms with Crippen LogP contribution in [0.5, 0.6) is 5.75 Å². The van der Waals surface area contributed by atoms with Crippen molar-refractivity contribution in [1.82, 2.24) is 0 Å². The number of hydrogen-bond acceptors (Lipinski definition) is 3. The first-order chi connectivity index (χ1) is 12.6. The van der Waals surface area contributed by atoms with E-state index in [0.717, 1.165) is 33.9 Å². The Morgan fingerprint density at radius 1 is 0.808 bits per heavy atom. The van der Waals surface area contributed by atoms with Gasteiger partial charge in [0.05, 0.1) is 0 Å². The second kappa shape index (κ2) is 8.21. The Morgan fingerprint density at radius 3 is 2.19 bits per heavy atom. The molecule has 4 nitrogen and oxygen atoms in total. The van der Waals surface area contributed by atoms with E-state index in [9.17, 15) is 4.79 Å². The van der Waals surface area contributed by atoms with E-state index in [0.29, 0.717) is 0 Å². The molecule has 0 atom stereocenters. The highest BCUT2D eigenvalue weighted by atomic mass is 16.5. The maximum absolute atomic E-state index is 12.1. The first-order valence-electron chi connectivity index (χ1n) is 8.53. The third-order valence-corrected chi connectivity index (χ3v) is 4.14. The monoisotopic (exact) mass is 346 g/mol. The third kappa shape index (κ3) is 4.63. The SMILES string of the molecule is Cc1cccc(OCC(=O)Nc2ccc(Nc3ccccc3)cc2)c1C. The summed E-state index contributed by atoms with van der Waals surface area (Å²) in [4.78, 5) is 12.1. The quantitative estimate of drug-likeness (QED) is 0.655. The van der Waals surface area contributed by atoms with Crippen molar-refractivity contribution in [1.29, 1.82) is 0 Å². The topological polar surface area (TPSA) is 50.4 Å². The lowest BCUT2D eigenvalue weighted by molar-refractivity contribution is -0.118. The second-order valence-electron chi connectivity index (χ2n) is 6.10. The summed E-state index contributed by atoms with van der Waals surface area (Å²) in [6, 6.07) is 23.3. The largest absolute Gasteiger partial charge is 0.483 e.